The minimum absolute atomic E-state index is 0.249. The predicted molar refractivity (Wildman–Crippen MR) is 90.5 cm³/mol. The zero-order valence-electron chi connectivity index (χ0n) is 12.7. The molecule has 0 aromatic heterocycles. The molecular formula is C17H17FN2O3S. The van der Waals surface area contributed by atoms with Crippen LogP contribution in [0.2, 0.25) is 0 Å². The molecule has 0 fully saturated rings. The maximum absolute atomic E-state index is 12.8. The van der Waals surface area contributed by atoms with E-state index < -0.39 is 12.0 Å². The highest BCUT2D eigenvalue weighted by atomic mass is 32.2. The summed E-state index contributed by atoms with van der Waals surface area (Å²) in [6, 6.07) is 11.2. The van der Waals surface area contributed by atoms with E-state index >= 15 is 0 Å². The van der Waals surface area contributed by atoms with Crippen molar-refractivity contribution in [2.24, 2.45) is 5.73 Å². The van der Waals surface area contributed by atoms with Gasteiger partial charge in [-0.15, -0.1) is 11.8 Å². The molecule has 24 heavy (non-hydrogen) atoms. The number of nitrogens with one attached hydrogen (secondary N) is 1. The number of hydrogen-bond acceptors (Lipinski definition) is 4. The number of halogens is 1. The fraction of sp³-hybridized carbons (Fsp3) is 0.176. The van der Waals surface area contributed by atoms with E-state index in [1.54, 1.807) is 30.3 Å². The van der Waals surface area contributed by atoms with E-state index in [0.29, 0.717) is 12.3 Å². The van der Waals surface area contributed by atoms with Crippen LogP contribution in [-0.2, 0) is 4.79 Å². The zero-order valence-corrected chi connectivity index (χ0v) is 13.6. The minimum atomic E-state index is -1.25. The van der Waals surface area contributed by atoms with Crippen molar-refractivity contribution >= 4 is 23.6 Å². The molecule has 4 N–H and O–H groups in total. The van der Waals surface area contributed by atoms with Crippen LogP contribution in [0.3, 0.4) is 0 Å². The van der Waals surface area contributed by atoms with Gasteiger partial charge in [-0.3, -0.25) is 9.59 Å². The molecule has 1 amide bonds. The summed E-state index contributed by atoms with van der Waals surface area (Å²) >= 11 is 1.48. The maximum Gasteiger partial charge on any atom is 0.325 e. The molecule has 0 heterocycles. The van der Waals surface area contributed by atoms with Crippen molar-refractivity contribution in [1.82, 2.24) is 5.32 Å². The van der Waals surface area contributed by atoms with Gasteiger partial charge in [-0.1, -0.05) is 18.2 Å². The normalized spacial score (nSPS) is 11.8. The largest absolute Gasteiger partial charge is 0.480 e. The summed E-state index contributed by atoms with van der Waals surface area (Å²) < 4.78 is 12.8. The molecule has 2 aromatic carbocycles. The first-order valence-corrected chi connectivity index (χ1v) is 8.21. The van der Waals surface area contributed by atoms with Gasteiger partial charge in [0.05, 0.1) is 0 Å². The van der Waals surface area contributed by atoms with Gasteiger partial charge in [0.1, 0.15) is 11.9 Å². The second-order valence-electron chi connectivity index (χ2n) is 4.96. The predicted octanol–water partition coefficient (Wildman–Crippen LogP) is 2.43. The lowest BCUT2D eigenvalue weighted by Crippen LogP contribution is -2.29. The average Bonchev–Trinajstić information content (AvgIpc) is 2.59. The Morgan fingerprint density at radius 1 is 1.17 bits per heavy atom. The van der Waals surface area contributed by atoms with Gasteiger partial charge in [-0.2, -0.15) is 0 Å². The van der Waals surface area contributed by atoms with Crippen molar-refractivity contribution in [2.75, 3.05) is 12.3 Å². The monoisotopic (exact) mass is 348 g/mol. The van der Waals surface area contributed by atoms with Crippen molar-refractivity contribution in [2.45, 2.75) is 10.9 Å². The highest BCUT2D eigenvalue weighted by Gasteiger charge is 2.20. The molecule has 5 nitrogen and oxygen atoms in total. The lowest BCUT2D eigenvalue weighted by molar-refractivity contribution is -0.138. The molecule has 0 saturated carbocycles. The Balaban J connectivity index is 1.91. The van der Waals surface area contributed by atoms with Crippen molar-refractivity contribution in [1.29, 1.82) is 0 Å². The zero-order chi connectivity index (χ0) is 17.5. The third-order valence-electron chi connectivity index (χ3n) is 3.28. The van der Waals surface area contributed by atoms with Crippen LogP contribution in [-0.4, -0.2) is 29.3 Å². The third-order valence-corrected chi connectivity index (χ3v) is 4.29. The van der Waals surface area contributed by atoms with Crippen molar-refractivity contribution in [3.63, 3.8) is 0 Å². The van der Waals surface area contributed by atoms with Crippen LogP contribution in [0.1, 0.15) is 22.0 Å². The first-order chi connectivity index (χ1) is 11.5. The van der Waals surface area contributed by atoms with Crippen LogP contribution < -0.4 is 11.1 Å². The average molecular weight is 348 g/mol. The molecule has 0 aliphatic heterocycles. The van der Waals surface area contributed by atoms with E-state index in [-0.39, 0.29) is 22.9 Å². The van der Waals surface area contributed by atoms with E-state index in [0.717, 1.165) is 4.90 Å². The number of thioether (sulfide) groups is 1. The number of carboxylic acid groups (broad SMARTS) is 1. The number of carbonyl (C=O) groups excluding carboxylic acids is 1. The minimum Gasteiger partial charge on any atom is -0.480 e. The first kappa shape index (κ1) is 18.0. The number of amides is 1. The Bertz CT molecular complexity index is 722. The lowest BCUT2D eigenvalue weighted by atomic mass is 10.0. The van der Waals surface area contributed by atoms with Crippen LogP contribution in [0.5, 0.6) is 0 Å². The molecule has 7 heteroatoms. The summed E-state index contributed by atoms with van der Waals surface area (Å²) in [6.07, 6.45) is 0. The summed E-state index contributed by atoms with van der Waals surface area (Å²) in [7, 11) is 0. The molecule has 2 rings (SSSR count). The molecule has 0 spiro atoms. The smallest absolute Gasteiger partial charge is 0.325 e. The second kappa shape index (κ2) is 8.47. The summed E-state index contributed by atoms with van der Waals surface area (Å²) in [5.41, 5.74) is 6.13. The van der Waals surface area contributed by atoms with Crippen LogP contribution in [0.25, 0.3) is 0 Å². The van der Waals surface area contributed by atoms with Crippen LogP contribution >= 0.6 is 11.8 Å². The molecule has 0 bridgehead atoms. The van der Waals surface area contributed by atoms with Crippen molar-refractivity contribution < 1.29 is 19.1 Å². The highest BCUT2D eigenvalue weighted by Crippen LogP contribution is 2.18. The van der Waals surface area contributed by atoms with Gasteiger partial charge >= 0.3 is 5.97 Å². The quantitative estimate of drug-likeness (QED) is 0.528. The Morgan fingerprint density at radius 3 is 2.50 bits per heavy atom. The van der Waals surface area contributed by atoms with E-state index in [1.807, 2.05) is 0 Å². The SMILES string of the molecule is NC(C(=O)O)c1ccccc1C(=O)NCCSc1ccc(F)cc1. The number of carbonyl (C=O) groups is 2. The van der Waals surface area contributed by atoms with Gasteiger partial charge in [0.2, 0.25) is 0 Å². The molecule has 0 aliphatic rings. The number of carboxylic acids is 1. The number of aliphatic carboxylic acids is 1. The van der Waals surface area contributed by atoms with Gasteiger partial charge in [-0.05, 0) is 35.9 Å². The van der Waals surface area contributed by atoms with Gasteiger partial charge in [0.25, 0.3) is 5.91 Å². The Morgan fingerprint density at radius 2 is 1.83 bits per heavy atom. The first-order valence-electron chi connectivity index (χ1n) is 7.23. The van der Waals surface area contributed by atoms with E-state index in [2.05, 4.69) is 5.32 Å². The van der Waals surface area contributed by atoms with Crippen molar-refractivity contribution in [3.8, 4) is 0 Å². The molecule has 1 unspecified atom stereocenters. The number of hydrogen-bond donors (Lipinski definition) is 3. The van der Waals surface area contributed by atoms with Crippen LogP contribution in [0.4, 0.5) is 4.39 Å². The number of nitrogens with two attached hydrogens (primary N) is 1. The summed E-state index contributed by atoms with van der Waals surface area (Å²) in [4.78, 5) is 24.2. The number of rotatable bonds is 7. The van der Waals surface area contributed by atoms with E-state index in [9.17, 15) is 14.0 Å². The Labute approximate surface area is 143 Å². The van der Waals surface area contributed by atoms with Gasteiger partial charge in [-0.25, -0.2) is 4.39 Å². The fourth-order valence-corrected chi connectivity index (χ4v) is 2.84. The van der Waals surface area contributed by atoms with Gasteiger partial charge in [0.15, 0.2) is 0 Å². The van der Waals surface area contributed by atoms with Gasteiger partial charge < -0.3 is 16.2 Å². The topological polar surface area (TPSA) is 92.4 Å². The third kappa shape index (κ3) is 4.81. The van der Waals surface area contributed by atoms with Crippen LogP contribution in [0.15, 0.2) is 53.4 Å². The summed E-state index contributed by atoms with van der Waals surface area (Å²) in [5, 5.41) is 11.7. The lowest BCUT2D eigenvalue weighted by Gasteiger charge is -2.13. The molecule has 2 aromatic rings. The molecule has 0 aliphatic carbocycles. The van der Waals surface area contributed by atoms with E-state index in [4.69, 9.17) is 10.8 Å². The molecule has 0 saturated heterocycles. The maximum atomic E-state index is 12.8. The fourth-order valence-electron chi connectivity index (χ4n) is 2.07. The van der Waals surface area contributed by atoms with Crippen molar-refractivity contribution in [3.05, 3.63) is 65.5 Å². The van der Waals surface area contributed by atoms with Gasteiger partial charge in [0, 0.05) is 22.8 Å². The highest BCUT2D eigenvalue weighted by molar-refractivity contribution is 7.99. The number of benzene rings is 2. The second-order valence-corrected chi connectivity index (χ2v) is 6.13. The standard InChI is InChI=1S/C17H17FN2O3S/c18-11-5-7-12(8-6-11)24-10-9-20-16(21)14-4-2-1-3-13(14)15(19)17(22)23/h1-8,15H,9-10,19H2,(H,20,21)(H,22,23). The Kier molecular flexibility index (Phi) is 6.34. The van der Waals surface area contributed by atoms with E-state index in [1.165, 1.54) is 30.0 Å². The molecule has 1 atom stereocenters. The molecular weight excluding hydrogens is 331 g/mol. The molecule has 0 radical (unpaired) electrons. The summed E-state index contributed by atoms with van der Waals surface area (Å²) in [5.74, 6) is -1.26. The summed E-state index contributed by atoms with van der Waals surface area (Å²) in [6.45, 7) is 0.386. The Hall–Kier alpha value is -2.38. The van der Waals surface area contributed by atoms with Crippen LogP contribution in [0, 0.1) is 5.82 Å². The molecule has 126 valence electrons.